The number of fused-ring (bicyclic) bond motifs is 1. The van der Waals surface area contributed by atoms with Gasteiger partial charge in [-0.2, -0.15) is 0 Å². The molecule has 0 unspecified atom stereocenters. The van der Waals surface area contributed by atoms with Gasteiger partial charge < -0.3 is 29.7 Å². The first kappa shape index (κ1) is 29.5. The van der Waals surface area contributed by atoms with Crippen LogP contribution in [0.2, 0.25) is 0 Å². The number of anilines is 4. The van der Waals surface area contributed by atoms with Gasteiger partial charge in [-0.05, 0) is 50.2 Å². The Hall–Kier alpha value is -4.55. The van der Waals surface area contributed by atoms with Gasteiger partial charge in [0.05, 0.1) is 35.2 Å². The van der Waals surface area contributed by atoms with Gasteiger partial charge in [0.1, 0.15) is 17.3 Å². The van der Waals surface area contributed by atoms with Gasteiger partial charge >= 0.3 is 0 Å². The fourth-order valence-corrected chi connectivity index (χ4v) is 6.11. The second-order valence-corrected chi connectivity index (χ2v) is 11.3. The third-order valence-corrected chi connectivity index (χ3v) is 8.59. The molecule has 2 fully saturated rings. The molecular formula is C32H38FN9O2. The van der Waals surface area contributed by atoms with E-state index in [9.17, 15) is 9.18 Å². The third-order valence-electron chi connectivity index (χ3n) is 8.59. The van der Waals surface area contributed by atoms with E-state index in [1.807, 2.05) is 23.7 Å². The number of hydrogen-bond acceptors (Lipinski definition) is 9. The molecule has 11 nitrogen and oxygen atoms in total. The monoisotopic (exact) mass is 599 g/mol. The molecule has 2 N–H and O–H groups in total. The summed E-state index contributed by atoms with van der Waals surface area (Å²) >= 11 is 0. The molecular weight excluding hydrogens is 561 g/mol. The lowest BCUT2D eigenvalue weighted by Gasteiger charge is -2.43. The molecule has 0 aliphatic carbocycles. The van der Waals surface area contributed by atoms with Crippen LogP contribution in [0.25, 0.3) is 22.6 Å². The van der Waals surface area contributed by atoms with Gasteiger partial charge in [-0.3, -0.25) is 9.69 Å². The van der Waals surface area contributed by atoms with Crippen molar-refractivity contribution in [1.29, 1.82) is 0 Å². The minimum atomic E-state index is -0.346. The van der Waals surface area contributed by atoms with Crippen LogP contribution >= 0.6 is 0 Å². The lowest BCUT2D eigenvalue weighted by molar-refractivity contribution is -0.111. The largest absolute Gasteiger partial charge is 0.494 e. The molecule has 4 heterocycles. The number of hydrogen-bond donors (Lipinski definition) is 2. The van der Waals surface area contributed by atoms with E-state index in [-0.39, 0.29) is 11.7 Å². The lowest BCUT2D eigenvalue weighted by atomic mass is 10.0. The number of carbonyl (C=O) groups is 1. The molecule has 230 valence electrons. The van der Waals surface area contributed by atoms with Crippen LogP contribution in [0.4, 0.5) is 27.4 Å². The van der Waals surface area contributed by atoms with Gasteiger partial charge in [-0.1, -0.05) is 6.58 Å². The van der Waals surface area contributed by atoms with Gasteiger partial charge in [0.2, 0.25) is 11.9 Å². The minimum absolute atomic E-state index is 0.300. The maximum atomic E-state index is 13.8. The van der Waals surface area contributed by atoms with Crippen molar-refractivity contribution in [1.82, 2.24) is 29.3 Å². The molecule has 0 radical (unpaired) electrons. The predicted octanol–water partition coefficient (Wildman–Crippen LogP) is 4.26. The fraction of sp³-hybridized carbons (Fsp3) is 0.375. The zero-order valence-corrected chi connectivity index (χ0v) is 25.4. The molecule has 2 saturated heterocycles. The maximum Gasteiger partial charge on any atom is 0.247 e. The standard InChI is InChI=1S/C32H38FN9O2/c1-5-30(43)35-25-19-26(29(44-4)20-28(25)42-12-9-22(10-13-42)41-16-14-39(2)15-17-41)38-32-34-11-8-23(37-32)31-36-24-18-21(33)6-7-27(24)40(31)3/h5-8,11,18-20,22H,1,9-10,12-17H2,2-4H3,(H,35,43)(H,34,37,38). The van der Waals surface area contributed by atoms with Crippen LogP contribution in [-0.4, -0.2) is 94.7 Å². The summed E-state index contributed by atoms with van der Waals surface area (Å²) in [6.45, 7) is 9.80. The first-order valence-corrected chi connectivity index (χ1v) is 14.9. The number of nitrogens with one attached hydrogen (secondary N) is 2. The molecule has 0 bridgehead atoms. The fourth-order valence-electron chi connectivity index (χ4n) is 6.11. The summed E-state index contributed by atoms with van der Waals surface area (Å²) < 4.78 is 21.5. The number of aryl methyl sites for hydroxylation is 1. The highest BCUT2D eigenvalue weighted by atomic mass is 19.1. The smallest absolute Gasteiger partial charge is 0.247 e. The number of halogens is 1. The van der Waals surface area contributed by atoms with Crippen molar-refractivity contribution >= 4 is 40.0 Å². The quantitative estimate of drug-likeness (QED) is 0.288. The molecule has 6 rings (SSSR count). The second kappa shape index (κ2) is 12.6. The van der Waals surface area contributed by atoms with E-state index in [4.69, 9.17) is 9.72 Å². The normalized spacial score (nSPS) is 16.7. The summed E-state index contributed by atoms with van der Waals surface area (Å²) in [7, 11) is 5.66. The van der Waals surface area contributed by atoms with Gasteiger partial charge in [0, 0.05) is 70.7 Å². The van der Waals surface area contributed by atoms with E-state index >= 15 is 0 Å². The highest BCUT2D eigenvalue weighted by Crippen LogP contribution is 2.39. The van der Waals surface area contributed by atoms with Gasteiger partial charge in [-0.15, -0.1) is 0 Å². The molecule has 2 aromatic heterocycles. The number of benzene rings is 2. The molecule has 12 heteroatoms. The number of piperazine rings is 1. The van der Waals surface area contributed by atoms with Crippen LogP contribution in [-0.2, 0) is 11.8 Å². The molecule has 2 aliphatic rings. The average Bonchev–Trinajstić information content (AvgIpc) is 3.36. The average molecular weight is 600 g/mol. The molecule has 0 saturated carbocycles. The first-order valence-electron chi connectivity index (χ1n) is 14.9. The number of imidazole rings is 1. The molecule has 0 atom stereocenters. The zero-order chi connectivity index (χ0) is 30.8. The SMILES string of the molecule is C=CC(=O)Nc1cc(Nc2nccc(-c3nc4cc(F)ccc4n3C)n2)c(OC)cc1N1CCC(N2CCN(C)CC2)CC1. The summed E-state index contributed by atoms with van der Waals surface area (Å²) in [5.41, 5.74) is 4.03. The summed E-state index contributed by atoms with van der Waals surface area (Å²) in [5, 5.41) is 6.24. The molecule has 2 aliphatic heterocycles. The first-order chi connectivity index (χ1) is 21.3. The van der Waals surface area contributed by atoms with Gasteiger partial charge in [-0.25, -0.2) is 19.3 Å². The summed E-state index contributed by atoms with van der Waals surface area (Å²) in [6, 6.07) is 10.6. The Bertz CT molecular complexity index is 1670. The van der Waals surface area contributed by atoms with Crippen molar-refractivity contribution in [2.75, 3.05) is 69.0 Å². The Kier molecular flexibility index (Phi) is 8.45. The van der Waals surface area contributed by atoms with E-state index in [0.29, 0.717) is 46.1 Å². The van der Waals surface area contributed by atoms with E-state index in [2.05, 4.69) is 48.9 Å². The summed E-state index contributed by atoms with van der Waals surface area (Å²) in [4.78, 5) is 33.5. The Labute approximate surface area is 256 Å². The predicted molar refractivity (Wildman–Crippen MR) is 171 cm³/mol. The zero-order valence-electron chi connectivity index (χ0n) is 25.4. The minimum Gasteiger partial charge on any atom is -0.494 e. The molecule has 44 heavy (non-hydrogen) atoms. The van der Waals surface area contributed by atoms with Crippen LogP contribution in [0, 0.1) is 5.82 Å². The Morgan fingerprint density at radius 1 is 1.02 bits per heavy atom. The van der Waals surface area contributed by atoms with E-state index in [0.717, 1.165) is 63.3 Å². The summed E-state index contributed by atoms with van der Waals surface area (Å²) in [5.74, 6) is 0.843. The highest BCUT2D eigenvalue weighted by Gasteiger charge is 2.28. The van der Waals surface area contributed by atoms with Crippen LogP contribution in [0.3, 0.4) is 0 Å². The van der Waals surface area contributed by atoms with Gasteiger partial charge in [0.25, 0.3) is 0 Å². The number of ether oxygens (including phenoxy) is 1. The van der Waals surface area contributed by atoms with Crippen molar-refractivity contribution in [3.8, 4) is 17.3 Å². The van der Waals surface area contributed by atoms with Crippen LogP contribution < -0.4 is 20.3 Å². The number of methoxy groups -OCH3 is 1. The Morgan fingerprint density at radius 3 is 2.52 bits per heavy atom. The van der Waals surface area contributed by atoms with Crippen molar-refractivity contribution in [3.05, 3.63) is 61.1 Å². The number of piperidine rings is 1. The van der Waals surface area contributed by atoms with Crippen LogP contribution in [0.5, 0.6) is 5.75 Å². The highest BCUT2D eigenvalue weighted by molar-refractivity contribution is 6.02. The number of aromatic nitrogens is 4. The van der Waals surface area contributed by atoms with Crippen LogP contribution in [0.15, 0.2) is 55.3 Å². The number of nitrogens with zero attached hydrogens (tertiary/aromatic N) is 7. The van der Waals surface area contributed by atoms with Gasteiger partial charge in [0.15, 0.2) is 5.82 Å². The third kappa shape index (κ3) is 6.08. The van der Waals surface area contributed by atoms with E-state index in [1.165, 1.54) is 18.2 Å². The molecule has 2 aromatic carbocycles. The van der Waals surface area contributed by atoms with E-state index in [1.54, 1.807) is 25.4 Å². The topological polar surface area (TPSA) is 104 Å². The molecule has 0 spiro atoms. The number of likely N-dealkylation sites (N-methyl/N-ethyl adjacent to an activating group) is 1. The van der Waals surface area contributed by atoms with E-state index < -0.39 is 0 Å². The second-order valence-electron chi connectivity index (χ2n) is 11.3. The van der Waals surface area contributed by atoms with Crippen molar-refractivity contribution in [2.24, 2.45) is 7.05 Å². The molecule has 4 aromatic rings. The van der Waals surface area contributed by atoms with Crippen molar-refractivity contribution < 1.29 is 13.9 Å². The number of carbonyl (C=O) groups excluding carboxylic acids is 1. The number of rotatable bonds is 8. The van der Waals surface area contributed by atoms with Crippen LogP contribution in [0.1, 0.15) is 12.8 Å². The number of amides is 1. The Morgan fingerprint density at radius 2 is 1.80 bits per heavy atom. The van der Waals surface area contributed by atoms with Crippen molar-refractivity contribution in [2.45, 2.75) is 18.9 Å². The Balaban J connectivity index is 1.26. The maximum absolute atomic E-state index is 13.8. The van der Waals surface area contributed by atoms with Crippen molar-refractivity contribution in [3.63, 3.8) is 0 Å². The molecule has 1 amide bonds. The lowest BCUT2D eigenvalue weighted by Crippen LogP contribution is -2.52. The summed E-state index contributed by atoms with van der Waals surface area (Å²) in [6.07, 6.45) is 5.00.